The molecule has 2 atom stereocenters. The van der Waals surface area contributed by atoms with Crippen molar-refractivity contribution in [3.63, 3.8) is 0 Å². The summed E-state index contributed by atoms with van der Waals surface area (Å²) < 4.78 is 11.0. The first kappa shape index (κ1) is 16.8. The van der Waals surface area contributed by atoms with Crippen molar-refractivity contribution in [1.82, 2.24) is 19.7 Å². The number of fused-ring (bicyclic) bond motifs is 1. The molecule has 25 heavy (non-hydrogen) atoms. The van der Waals surface area contributed by atoms with Gasteiger partial charge >= 0.3 is 6.09 Å². The van der Waals surface area contributed by atoms with Crippen molar-refractivity contribution in [2.75, 3.05) is 52.5 Å². The van der Waals surface area contributed by atoms with Crippen LogP contribution in [0.1, 0.15) is 12.1 Å². The third-order valence-electron chi connectivity index (χ3n) is 5.29. The molecule has 7 nitrogen and oxygen atoms in total. The summed E-state index contributed by atoms with van der Waals surface area (Å²) in [7, 11) is 0. The van der Waals surface area contributed by atoms with E-state index in [0.717, 1.165) is 71.1 Å². The van der Waals surface area contributed by atoms with Gasteiger partial charge in [-0.25, -0.2) is 4.79 Å². The zero-order chi connectivity index (χ0) is 17.1. The molecule has 0 aromatic carbocycles. The van der Waals surface area contributed by atoms with Crippen LogP contribution in [0.2, 0.25) is 0 Å². The van der Waals surface area contributed by atoms with Gasteiger partial charge in [0.2, 0.25) is 0 Å². The van der Waals surface area contributed by atoms with Gasteiger partial charge in [-0.05, 0) is 18.6 Å². The largest absolute Gasteiger partial charge is 0.442 e. The first-order chi connectivity index (χ1) is 12.3. The van der Waals surface area contributed by atoms with Crippen LogP contribution in [0.25, 0.3) is 0 Å². The highest BCUT2D eigenvalue weighted by molar-refractivity contribution is 5.71. The number of hydrogen-bond acceptors (Lipinski definition) is 6. The van der Waals surface area contributed by atoms with Gasteiger partial charge in [-0.2, -0.15) is 0 Å². The number of aromatic nitrogens is 1. The summed E-state index contributed by atoms with van der Waals surface area (Å²) in [6.45, 7) is 7.89. The normalized spacial score (nSPS) is 27.5. The number of nitrogens with zero attached hydrogens (tertiary/aromatic N) is 4. The van der Waals surface area contributed by atoms with Crippen molar-refractivity contribution in [2.45, 2.75) is 25.1 Å². The molecule has 3 aliphatic rings. The number of likely N-dealkylation sites (tertiary alicyclic amines) is 1. The Kier molecular flexibility index (Phi) is 5.14. The number of ether oxygens (including phenoxy) is 2. The highest BCUT2D eigenvalue weighted by atomic mass is 16.6. The molecule has 3 fully saturated rings. The summed E-state index contributed by atoms with van der Waals surface area (Å²) in [6.07, 6.45) is 2.66. The van der Waals surface area contributed by atoms with E-state index >= 15 is 0 Å². The van der Waals surface area contributed by atoms with E-state index in [9.17, 15) is 4.79 Å². The van der Waals surface area contributed by atoms with Crippen LogP contribution in [0.5, 0.6) is 0 Å². The molecule has 136 valence electrons. The monoisotopic (exact) mass is 346 g/mol. The lowest BCUT2D eigenvalue weighted by molar-refractivity contribution is 0.0362. The second kappa shape index (κ2) is 7.68. The molecule has 7 heteroatoms. The Balaban J connectivity index is 1.27. The zero-order valence-electron chi connectivity index (χ0n) is 14.5. The lowest BCUT2D eigenvalue weighted by Gasteiger charge is -2.28. The summed E-state index contributed by atoms with van der Waals surface area (Å²) in [4.78, 5) is 23.2. The van der Waals surface area contributed by atoms with Gasteiger partial charge < -0.3 is 14.4 Å². The standard InChI is InChI=1S/C18H26N4O3/c23-18-22(7-3-6-20-8-10-24-11-9-20)16-13-21(14-17(16)25-18)12-15-4-1-2-5-19-15/h1-2,4-5,16-17H,3,6-14H2/t16-,17+/m0/s1. The second-order valence-electron chi connectivity index (χ2n) is 7.01. The van der Waals surface area contributed by atoms with E-state index in [0.29, 0.717) is 0 Å². The summed E-state index contributed by atoms with van der Waals surface area (Å²) in [5, 5.41) is 0. The summed E-state index contributed by atoms with van der Waals surface area (Å²) in [6, 6.07) is 6.17. The van der Waals surface area contributed by atoms with Crippen molar-refractivity contribution in [2.24, 2.45) is 0 Å². The van der Waals surface area contributed by atoms with E-state index in [1.54, 1.807) is 0 Å². The van der Waals surface area contributed by atoms with Crippen molar-refractivity contribution >= 4 is 6.09 Å². The fraction of sp³-hybridized carbons (Fsp3) is 0.667. The molecular formula is C18H26N4O3. The van der Waals surface area contributed by atoms with Crippen LogP contribution in [0.4, 0.5) is 4.79 Å². The molecule has 1 aromatic rings. The maximum absolute atomic E-state index is 12.2. The van der Waals surface area contributed by atoms with Gasteiger partial charge in [0.1, 0.15) is 6.10 Å². The predicted octanol–water partition coefficient (Wildman–Crippen LogP) is 0.809. The fourth-order valence-electron chi connectivity index (χ4n) is 3.98. The molecule has 0 N–H and O–H groups in total. The number of hydrogen-bond donors (Lipinski definition) is 0. The molecule has 0 spiro atoms. The summed E-state index contributed by atoms with van der Waals surface area (Å²) >= 11 is 0. The van der Waals surface area contributed by atoms with Gasteiger partial charge in [0.05, 0.1) is 24.9 Å². The highest BCUT2D eigenvalue weighted by Gasteiger charge is 2.47. The Morgan fingerprint density at radius 3 is 2.80 bits per heavy atom. The molecule has 0 saturated carbocycles. The first-order valence-corrected chi connectivity index (χ1v) is 9.19. The van der Waals surface area contributed by atoms with Crippen molar-refractivity contribution in [1.29, 1.82) is 0 Å². The number of pyridine rings is 1. The third kappa shape index (κ3) is 3.94. The van der Waals surface area contributed by atoms with Crippen LogP contribution in [0, 0.1) is 0 Å². The molecule has 0 aliphatic carbocycles. The smallest absolute Gasteiger partial charge is 0.410 e. The van der Waals surface area contributed by atoms with Crippen LogP contribution in [0.3, 0.4) is 0 Å². The minimum Gasteiger partial charge on any atom is -0.442 e. The lowest BCUT2D eigenvalue weighted by atomic mass is 10.2. The molecule has 4 rings (SSSR count). The molecule has 0 unspecified atom stereocenters. The Labute approximate surface area is 148 Å². The maximum atomic E-state index is 12.2. The highest BCUT2D eigenvalue weighted by Crippen LogP contribution is 2.27. The molecule has 1 aromatic heterocycles. The molecular weight excluding hydrogens is 320 g/mol. The molecule has 1 amide bonds. The van der Waals surface area contributed by atoms with Gasteiger partial charge in [0.25, 0.3) is 0 Å². The fourth-order valence-corrected chi connectivity index (χ4v) is 3.98. The predicted molar refractivity (Wildman–Crippen MR) is 92.2 cm³/mol. The average Bonchev–Trinajstić information content (AvgIpc) is 3.14. The number of amides is 1. The molecule has 0 radical (unpaired) electrons. The van der Waals surface area contributed by atoms with Crippen molar-refractivity contribution in [3.8, 4) is 0 Å². The van der Waals surface area contributed by atoms with Crippen LogP contribution < -0.4 is 0 Å². The van der Waals surface area contributed by atoms with E-state index in [-0.39, 0.29) is 18.2 Å². The number of carbonyl (C=O) groups excluding carboxylic acids is 1. The Hall–Kier alpha value is -1.70. The van der Waals surface area contributed by atoms with E-state index in [1.165, 1.54) is 0 Å². The van der Waals surface area contributed by atoms with E-state index < -0.39 is 0 Å². The molecule has 0 bridgehead atoms. The van der Waals surface area contributed by atoms with Gasteiger partial charge in [0.15, 0.2) is 0 Å². The topological polar surface area (TPSA) is 58.1 Å². The quantitative estimate of drug-likeness (QED) is 0.760. The third-order valence-corrected chi connectivity index (χ3v) is 5.29. The Bertz CT molecular complexity index is 579. The number of morpholine rings is 1. The van der Waals surface area contributed by atoms with Gasteiger partial charge in [-0.3, -0.25) is 14.8 Å². The second-order valence-corrected chi connectivity index (χ2v) is 7.01. The maximum Gasteiger partial charge on any atom is 0.410 e. The lowest BCUT2D eigenvalue weighted by Crippen LogP contribution is -2.41. The van der Waals surface area contributed by atoms with Crippen LogP contribution in [0.15, 0.2) is 24.4 Å². The van der Waals surface area contributed by atoms with Crippen molar-refractivity contribution in [3.05, 3.63) is 30.1 Å². The minimum absolute atomic E-state index is 0.000371. The van der Waals surface area contributed by atoms with Gasteiger partial charge in [-0.1, -0.05) is 6.07 Å². The van der Waals surface area contributed by atoms with Crippen LogP contribution >= 0.6 is 0 Å². The van der Waals surface area contributed by atoms with E-state index in [2.05, 4.69) is 14.8 Å². The summed E-state index contributed by atoms with van der Waals surface area (Å²) in [5.41, 5.74) is 1.06. The zero-order valence-corrected chi connectivity index (χ0v) is 14.5. The Morgan fingerprint density at radius 1 is 1.12 bits per heavy atom. The number of rotatable bonds is 6. The van der Waals surface area contributed by atoms with Gasteiger partial charge in [-0.15, -0.1) is 0 Å². The molecule has 3 saturated heterocycles. The van der Waals surface area contributed by atoms with E-state index in [4.69, 9.17) is 9.47 Å². The van der Waals surface area contributed by atoms with Crippen molar-refractivity contribution < 1.29 is 14.3 Å². The first-order valence-electron chi connectivity index (χ1n) is 9.19. The van der Waals surface area contributed by atoms with Crippen LogP contribution in [-0.2, 0) is 16.0 Å². The van der Waals surface area contributed by atoms with Gasteiger partial charge in [0, 0.05) is 52.0 Å². The Morgan fingerprint density at radius 2 is 2.00 bits per heavy atom. The summed E-state index contributed by atoms with van der Waals surface area (Å²) in [5.74, 6) is 0. The van der Waals surface area contributed by atoms with Crippen LogP contribution in [-0.4, -0.2) is 90.4 Å². The molecule has 3 aliphatic heterocycles. The average molecular weight is 346 g/mol. The minimum atomic E-state index is -0.144. The SMILES string of the molecule is O=C1O[C@@H]2CN(Cc3ccccn3)C[C@@H]2N1CCCN1CCOCC1. The number of carbonyl (C=O) groups is 1. The molecule has 4 heterocycles. The van der Waals surface area contributed by atoms with E-state index in [1.807, 2.05) is 29.3 Å².